The summed E-state index contributed by atoms with van der Waals surface area (Å²) in [5.41, 5.74) is 6.76. The highest BCUT2D eigenvalue weighted by Crippen LogP contribution is 2.36. The van der Waals surface area contributed by atoms with Gasteiger partial charge in [-0.05, 0) is 288 Å². The maximum atomic E-state index is 13.6. The molecule has 6 saturated heterocycles. The van der Waals surface area contributed by atoms with Crippen LogP contribution < -0.4 is 26.6 Å². The lowest BCUT2D eigenvalue weighted by molar-refractivity contribution is 0.0540. The molecule has 5 N–H and O–H groups in total. The fraction of sp³-hybridized carbons (Fsp3) is 0.330. The summed E-state index contributed by atoms with van der Waals surface area (Å²) in [4.78, 5) is 94.8. The third-order valence-electron chi connectivity index (χ3n) is 21.1. The quantitative estimate of drug-likeness (QED) is 0.0667. The number of imide groups is 1. The van der Waals surface area contributed by atoms with Crippen LogP contribution in [0.15, 0.2) is 208 Å². The van der Waals surface area contributed by atoms with Crippen molar-refractivity contribution in [1.29, 1.82) is 0 Å². The number of aromatic nitrogens is 5. The average Bonchev–Trinajstić information content (AvgIpc) is 0.839. The van der Waals surface area contributed by atoms with E-state index in [1.807, 2.05) is 83.1 Å². The topological polar surface area (TPSA) is 239 Å². The minimum absolute atomic E-state index is 0.0215. The molecule has 33 heteroatoms. The zero-order chi connectivity index (χ0) is 85.6. The number of piperidine rings is 5. The molecule has 11 heterocycles. The van der Waals surface area contributed by atoms with Crippen molar-refractivity contribution < 1.29 is 46.3 Å². The lowest BCUT2D eigenvalue weighted by atomic mass is 9.97. The number of carbonyl (C=O) groups excluding carboxylic acids is 5. The number of carbonyl (C=O) groups is 5. The Morgan fingerprint density at radius 3 is 0.967 bits per heavy atom. The highest BCUT2D eigenvalue weighted by atomic mass is 35.5. The molecule has 0 spiro atoms. The van der Waals surface area contributed by atoms with Gasteiger partial charge in [0.1, 0.15) is 28.3 Å². The minimum Gasteiger partial charge on any atom is -0.378 e. The summed E-state index contributed by atoms with van der Waals surface area (Å²) < 4.78 is 58.3. The standard InChI is InChI=1S/2C18H17ClFN3OS.C18H18FN3O2.C18H18FN3S2.C16H22N4O2S/c2*19-14-7-6-12(10-15(14)20)17(24)22-18(25)23-9-2-1-5-16(23)13-4-3-8-21-11-13;2*19-15-8-6-13(7-9-15)17(23)21-18(24)22-11-2-1-5-16(22)14-4-3-10-20-12-14;21-15(19-8-10-22-11-9-19)18-16(23)20-7-2-1-5-14(20)13-4-3-6-17-12-13/h2*3-4,6-8,10-11,16H,1-2,5,9H2,(H,22,24,25);2*3-4,6-10,12,16H,1-2,5,11H2,(H,21,23,24);3-4,6,12,14H,1-2,5,7-11H2,(H,18,21,23). The fourth-order valence-electron chi connectivity index (χ4n) is 14.9. The highest BCUT2D eigenvalue weighted by Gasteiger charge is 2.34. The molecule has 7 amide bonds. The van der Waals surface area contributed by atoms with Gasteiger partial charge in [-0.1, -0.05) is 65.8 Å². The molecular weight excluding hydrogens is 1680 g/mol. The van der Waals surface area contributed by atoms with E-state index in [9.17, 15) is 41.5 Å². The number of thiocarbonyl (C=S) groups is 5. The predicted octanol–water partition coefficient (Wildman–Crippen LogP) is 17.5. The van der Waals surface area contributed by atoms with Gasteiger partial charge in [0.25, 0.3) is 17.7 Å². The fourth-order valence-corrected chi connectivity index (χ4v) is 16.7. The highest BCUT2D eigenvalue weighted by molar-refractivity contribution is 7.82. The van der Waals surface area contributed by atoms with Gasteiger partial charge in [-0.15, -0.1) is 0 Å². The Morgan fingerprint density at radius 2 is 0.636 bits per heavy atom. The largest absolute Gasteiger partial charge is 0.378 e. The first-order valence-corrected chi connectivity index (χ1v) is 42.8. The Kier molecular flexibility index (Phi) is 35.1. The summed E-state index contributed by atoms with van der Waals surface area (Å²) in [5, 5.41) is 15.6. The minimum atomic E-state index is -0.633. The second-order valence-electron chi connectivity index (χ2n) is 29.1. The van der Waals surface area contributed by atoms with Gasteiger partial charge in [-0.3, -0.25) is 60.6 Å². The van der Waals surface area contributed by atoms with Crippen LogP contribution in [0, 0.1) is 23.3 Å². The van der Waals surface area contributed by atoms with Crippen LogP contribution in [0.1, 0.15) is 191 Å². The molecule has 5 unspecified atom stereocenters. The lowest BCUT2D eigenvalue weighted by Crippen LogP contribution is -2.52. The number of rotatable bonds is 9. The van der Waals surface area contributed by atoms with Gasteiger partial charge in [0.2, 0.25) is 0 Å². The zero-order valence-electron chi connectivity index (χ0n) is 66.2. The van der Waals surface area contributed by atoms with Gasteiger partial charge in [-0.25, -0.2) is 27.2 Å². The van der Waals surface area contributed by atoms with E-state index in [0.717, 1.165) is 162 Å². The van der Waals surface area contributed by atoms with Crippen molar-refractivity contribution in [2.45, 2.75) is 127 Å². The Bertz CT molecular complexity index is 4740. The number of halogens is 6. The first-order valence-electron chi connectivity index (χ1n) is 40.0. The van der Waals surface area contributed by atoms with Crippen LogP contribution in [-0.2, 0) is 4.74 Å². The summed E-state index contributed by atoms with van der Waals surface area (Å²) in [6.45, 7) is 6.24. The van der Waals surface area contributed by atoms with Crippen molar-refractivity contribution in [2.24, 2.45) is 0 Å². The van der Waals surface area contributed by atoms with Crippen molar-refractivity contribution in [3.8, 4) is 0 Å². The van der Waals surface area contributed by atoms with Crippen LogP contribution in [0.4, 0.5) is 27.2 Å². The Hall–Kier alpha value is -10.5. The molecule has 5 aromatic heterocycles. The molecule has 121 heavy (non-hydrogen) atoms. The van der Waals surface area contributed by atoms with Crippen LogP contribution in [0.2, 0.25) is 10.0 Å². The second-order valence-corrected chi connectivity index (χ2v) is 31.9. The monoisotopic (exact) mass is 1770 g/mol. The molecule has 4 aromatic carbocycles. The molecule has 5 atom stereocenters. The molecular formula is C88H92Cl2F4N16O6S5. The van der Waals surface area contributed by atoms with E-state index in [1.165, 1.54) is 67.1 Å². The smallest absolute Gasteiger partial charge is 0.324 e. The number of hydrogen-bond acceptors (Lipinski definition) is 16. The SMILES string of the molecule is Fc1ccc(C(=S)NC(=S)N2CCCCC2c2cccnc2)cc1.O=C(NC(=O)N1CCCCC1c1cccnc1)c1ccc(F)cc1.O=C(NC(=S)N1CCCCC1c1cccnc1)N1CCOCC1.O=C(NC(=S)N1CCCCC1c1cccnc1)c1ccc(Cl)c(F)c1.O=C(NC(=S)N1CCCCC1c1cccnc1)c1ccc(Cl)c(F)c1. The van der Waals surface area contributed by atoms with Gasteiger partial charge < -0.3 is 39.5 Å². The van der Waals surface area contributed by atoms with Crippen molar-refractivity contribution >= 4 is 140 Å². The number of urea groups is 2. The van der Waals surface area contributed by atoms with Gasteiger partial charge in [0.15, 0.2) is 20.4 Å². The van der Waals surface area contributed by atoms with Crippen molar-refractivity contribution in [3.63, 3.8) is 0 Å². The lowest BCUT2D eigenvalue weighted by Gasteiger charge is -2.38. The third-order valence-corrected chi connectivity index (χ3v) is 23.4. The number of hydrogen-bond donors (Lipinski definition) is 5. The summed E-state index contributed by atoms with van der Waals surface area (Å²) in [5.74, 6) is -3.40. The number of ether oxygens (including phenoxy) is 1. The molecule has 0 bridgehead atoms. The summed E-state index contributed by atoms with van der Waals surface area (Å²) >= 11 is 38.7. The summed E-state index contributed by atoms with van der Waals surface area (Å²) in [7, 11) is 0. The normalized spacial score (nSPS) is 18.1. The second kappa shape index (κ2) is 46.5. The van der Waals surface area contributed by atoms with Crippen LogP contribution >= 0.6 is 84.3 Å². The Labute approximate surface area is 737 Å². The van der Waals surface area contributed by atoms with E-state index in [2.05, 4.69) is 73.4 Å². The number of amides is 7. The van der Waals surface area contributed by atoms with Gasteiger partial charge >= 0.3 is 12.1 Å². The number of benzene rings is 4. The first-order chi connectivity index (χ1) is 58.7. The molecule has 6 fully saturated rings. The van der Waals surface area contributed by atoms with E-state index in [0.29, 0.717) is 58.3 Å². The molecule has 22 nitrogen and oxygen atoms in total. The van der Waals surface area contributed by atoms with Crippen molar-refractivity contribution in [3.05, 3.63) is 291 Å². The summed E-state index contributed by atoms with van der Waals surface area (Å²) in [6, 6.07) is 38.6. The molecule has 0 saturated carbocycles. The maximum absolute atomic E-state index is 13.6. The maximum Gasteiger partial charge on any atom is 0.324 e. The molecule has 15 rings (SSSR count). The molecule has 6 aliphatic rings. The van der Waals surface area contributed by atoms with Crippen molar-refractivity contribution in [1.82, 2.24) is 80.9 Å². The molecule has 9 aromatic rings. The Balaban J connectivity index is 0.000000148. The summed E-state index contributed by atoms with van der Waals surface area (Å²) in [6.07, 6.45) is 33.3. The third kappa shape index (κ3) is 26.5. The average molecular weight is 1780 g/mol. The van der Waals surface area contributed by atoms with Gasteiger partial charge in [0.05, 0.1) is 53.5 Å². The van der Waals surface area contributed by atoms with E-state index in [-0.39, 0.29) is 68.8 Å². The Morgan fingerprint density at radius 1 is 0.339 bits per heavy atom. The van der Waals surface area contributed by atoms with E-state index in [1.54, 1.807) is 59.1 Å². The number of morpholine rings is 1. The molecule has 0 radical (unpaired) electrons. The number of pyridine rings is 5. The van der Waals surface area contributed by atoms with E-state index >= 15 is 0 Å². The molecule has 6 aliphatic heterocycles. The first kappa shape index (κ1) is 91.2. The van der Waals surface area contributed by atoms with Crippen molar-refractivity contribution in [2.75, 3.05) is 59.0 Å². The predicted molar refractivity (Wildman–Crippen MR) is 477 cm³/mol. The molecule has 0 aliphatic carbocycles. The number of nitrogens with one attached hydrogen (secondary N) is 5. The van der Waals surface area contributed by atoms with E-state index in [4.69, 9.17) is 89.0 Å². The van der Waals surface area contributed by atoms with Crippen LogP contribution in [-0.4, -0.2) is 169 Å². The van der Waals surface area contributed by atoms with Crippen LogP contribution in [0.25, 0.3) is 0 Å². The molecule has 632 valence electrons. The van der Waals surface area contributed by atoms with Crippen LogP contribution in [0.3, 0.4) is 0 Å². The van der Waals surface area contributed by atoms with Gasteiger partial charge in [-0.2, -0.15) is 0 Å². The van der Waals surface area contributed by atoms with Gasteiger partial charge in [0, 0.05) is 130 Å². The zero-order valence-corrected chi connectivity index (χ0v) is 71.8. The van der Waals surface area contributed by atoms with E-state index < -0.39 is 41.2 Å². The number of likely N-dealkylation sites (tertiary alicyclic amines) is 5. The van der Waals surface area contributed by atoms with Crippen LogP contribution in [0.5, 0.6) is 0 Å². The number of nitrogens with zero attached hydrogens (tertiary/aromatic N) is 11.